The van der Waals surface area contributed by atoms with Crippen LogP contribution in [0.2, 0.25) is 0 Å². The monoisotopic (exact) mass is 256 g/mol. The molecule has 3 atom stereocenters. The highest BCUT2D eigenvalue weighted by Crippen LogP contribution is 2.49. The third kappa shape index (κ3) is 1.52. The van der Waals surface area contributed by atoms with Crippen LogP contribution in [0.1, 0.15) is 31.7 Å². The molecule has 0 amide bonds. The molecule has 3 unspecified atom stereocenters. The van der Waals surface area contributed by atoms with Gasteiger partial charge in [-0.2, -0.15) is 0 Å². The van der Waals surface area contributed by atoms with Crippen molar-refractivity contribution in [1.29, 1.82) is 0 Å². The molecular formula is C15H16N2O2. The summed E-state index contributed by atoms with van der Waals surface area (Å²) in [4.78, 5) is 27.6. The van der Waals surface area contributed by atoms with Gasteiger partial charge >= 0.3 is 5.69 Å². The second-order valence-corrected chi connectivity index (χ2v) is 5.89. The Hall–Kier alpha value is -1.84. The van der Waals surface area contributed by atoms with E-state index in [0.717, 1.165) is 12.8 Å². The van der Waals surface area contributed by atoms with E-state index in [1.165, 1.54) is 17.4 Å². The van der Waals surface area contributed by atoms with Crippen LogP contribution in [0.25, 0.3) is 10.9 Å². The van der Waals surface area contributed by atoms with Gasteiger partial charge in [0.15, 0.2) is 0 Å². The van der Waals surface area contributed by atoms with Crippen LogP contribution in [-0.2, 0) is 0 Å². The number of fused-ring (bicyclic) bond motifs is 3. The summed E-state index contributed by atoms with van der Waals surface area (Å²) in [5, 5.41) is 0.616. The highest BCUT2D eigenvalue weighted by Gasteiger charge is 2.41. The number of hydrogen-bond donors (Lipinski definition) is 1. The van der Waals surface area contributed by atoms with E-state index in [4.69, 9.17) is 0 Å². The number of hydrogen-bond acceptors (Lipinski definition) is 2. The van der Waals surface area contributed by atoms with E-state index in [2.05, 4.69) is 4.98 Å². The fourth-order valence-corrected chi connectivity index (χ4v) is 4.00. The maximum absolute atomic E-state index is 12.6. The molecule has 1 aromatic heterocycles. The van der Waals surface area contributed by atoms with Gasteiger partial charge in [0.05, 0.1) is 10.9 Å². The van der Waals surface area contributed by atoms with Crippen molar-refractivity contribution >= 4 is 10.9 Å². The normalized spacial score (nSPS) is 29.2. The minimum Gasteiger partial charge on any atom is -0.307 e. The van der Waals surface area contributed by atoms with Crippen LogP contribution >= 0.6 is 0 Å². The summed E-state index contributed by atoms with van der Waals surface area (Å²) in [5.41, 5.74) is 0.259. The SMILES string of the molecule is O=c1[nH]c2ccccc2c(=O)n1C1CC2CCC1C2. The first-order valence-corrected chi connectivity index (χ1v) is 6.97. The quantitative estimate of drug-likeness (QED) is 0.849. The molecule has 1 aromatic carbocycles. The Morgan fingerprint density at radius 1 is 1.11 bits per heavy atom. The number of H-pyrrole nitrogens is 1. The molecule has 2 saturated carbocycles. The molecule has 1 heterocycles. The van der Waals surface area contributed by atoms with Crippen molar-refractivity contribution in [2.45, 2.75) is 31.7 Å². The van der Waals surface area contributed by atoms with Crippen molar-refractivity contribution in [3.63, 3.8) is 0 Å². The van der Waals surface area contributed by atoms with Gasteiger partial charge in [-0.3, -0.25) is 9.36 Å². The summed E-state index contributed by atoms with van der Waals surface area (Å²) in [6.45, 7) is 0. The molecule has 0 radical (unpaired) electrons. The number of nitrogens with one attached hydrogen (secondary N) is 1. The van der Waals surface area contributed by atoms with Crippen LogP contribution in [-0.4, -0.2) is 9.55 Å². The third-order valence-electron chi connectivity index (χ3n) is 4.87. The predicted octanol–water partition coefficient (Wildman–Crippen LogP) is 2.05. The van der Waals surface area contributed by atoms with Gasteiger partial charge in [0, 0.05) is 6.04 Å². The van der Waals surface area contributed by atoms with Gasteiger partial charge in [-0.15, -0.1) is 0 Å². The lowest BCUT2D eigenvalue weighted by atomic mass is 9.95. The predicted molar refractivity (Wildman–Crippen MR) is 73.3 cm³/mol. The Labute approximate surface area is 110 Å². The summed E-state index contributed by atoms with van der Waals surface area (Å²) in [7, 11) is 0. The number of aromatic nitrogens is 2. The molecule has 19 heavy (non-hydrogen) atoms. The van der Waals surface area contributed by atoms with E-state index in [0.29, 0.717) is 22.7 Å². The lowest BCUT2D eigenvalue weighted by Crippen LogP contribution is -2.39. The van der Waals surface area contributed by atoms with Gasteiger partial charge in [-0.05, 0) is 43.2 Å². The van der Waals surface area contributed by atoms with Gasteiger partial charge in [0.25, 0.3) is 5.56 Å². The third-order valence-corrected chi connectivity index (χ3v) is 4.87. The van der Waals surface area contributed by atoms with Gasteiger partial charge in [-0.1, -0.05) is 18.6 Å². The summed E-state index contributed by atoms with van der Waals surface area (Å²) >= 11 is 0. The van der Waals surface area contributed by atoms with E-state index in [1.807, 2.05) is 12.1 Å². The highest BCUT2D eigenvalue weighted by molar-refractivity contribution is 5.76. The van der Waals surface area contributed by atoms with Gasteiger partial charge < -0.3 is 4.98 Å². The van der Waals surface area contributed by atoms with E-state index in [1.54, 1.807) is 12.1 Å². The molecule has 4 nitrogen and oxygen atoms in total. The highest BCUT2D eigenvalue weighted by atomic mass is 16.2. The minimum absolute atomic E-state index is 0.111. The second kappa shape index (κ2) is 3.83. The molecule has 1 N–H and O–H groups in total. The summed E-state index contributed by atoms with van der Waals surface area (Å²) in [5.74, 6) is 1.23. The average Bonchev–Trinajstić information content (AvgIpc) is 3.01. The molecule has 0 aliphatic heterocycles. The molecule has 0 spiro atoms. The molecule has 2 aromatic rings. The fraction of sp³-hybridized carbons (Fsp3) is 0.467. The molecule has 0 saturated heterocycles. The molecule has 2 aliphatic carbocycles. The van der Waals surface area contributed by atoms with Crippen molar-refractivity contribution < 1.29 is 0 Å². The van der Waals surface area contributed by atoms with Crippen LogP contribution in [0.5, 0.6) is 0 Å². The summed E-state index contributed by atoms with van der Waals surface area (Å²) in [6.07, 6.45) is 4.60. The smallest absolute Gasteiger partial charge is 0.307 e. The van der Waals surface area contributed by atoms with Gasteiger partial charge in [-0.25, -0.2) is 4.79 Å². The first kappa shape index (κ1) is 11.0. The van der Waals surface area contributed by atoms with Gasteiger partial charge in [0.1, 0.15) is 0 Å². The number of nitrogens with zero attached hydrogens (tertiary/aromatic N) is 1. The van der Waals surface area contributed by atoms with Crippen molar-refractivity contribution in [2.24, 2.45) is 11.8 Å². The fourth-order valence-electron chi connectivity index (χ4n) is 4.00. The molecule has 4 rings (SSSR count). The molecule has 2 bridgehead atoms. The Balaban J connectivity index is 1.95. The largest absolute Gasteiger partial charge is 0.329 e. The summed E-state index contributed by atoms with van der Waals surface area (Å²) < 4.78 is 1.48. The first-order chi connectivity index (χ1) is 9.24. The lowest BCUT2D eigenvalue weighted by Gasteiger charge is -2.23. The van der Waals surface area contributed by atoms with Crippen LogP contribution in [0.3, 0.4) is 0 Å². The number of aromatic amines is 1. The zero-order valence-electron chi connectivity index (χ0n) is 10.6. The topological polar surface area (TPSA) is 54.9 Å². The maximum Gasteiger partial charge on any atom is 0.329 e. The van der Waals surface area contributed by atoms with Crippen molar-refractivity contribution in [1.82, 2.24) is 9.55 Å². The molecule has 4 heteroatoms. The standard InChI is InChI=1S/C15H16N2O2/c18-14-11-3-1-2-4-12(11)16-15(19)17(14)13-8-9-5-6-10(13)7-9/h1-4,9-10,13H,5-8H2,(H,16,19). The zero-order chi connectivity index (χ0) is 13.0. The maximum atomic E-state index is 12.6. The van der Waals surface area contributed by atoms with Crippen LogP contribution in [0, 0.1) is 11.8 Å². The molecule has 2 fully saturated rings. The molecular weight excluding hydrogens is 240 g/mol. The Morgan fingerprint density at radius 3 is 2.68 bits per heavy atom. The lowest BCUT2D eigenvalue weighted by molar-refractivity contribution is 0.315. The Kier molecular flexibility index (Phi) is 2.22. The zero-order valence-corrected chi connectivity index (χ0v) is 10.6. The van der Waals surface area contributed by atoms with Crippen molar-refractivity contribution in [3.8, 4) is 0 Å². The Bertz CT molecular complexity index is 759. The van der Waals surface area contributed by atoms with E-state index in [9.17, 15) is 9.59 Å². The van der Waals surface area contributed by atoms with Gasteiger partial charge in [0.2, 0.25) is 0 Å². The number of benzene rings is 1. The second-order valence-electron chi connectivity index (χ2n) is 5.89. The summed E-state index contributed by atoms with van der Waals surface area (Å²) in [6, 6.07) is 7.35. The molecule has 98 valence electrons. The average molecular weight is 256 g/mol. The van der Waals surface area contributed by atoms with Crippen LogP contribution in [0.15, 0.2) is 33.9 Å². The van der Waals surface area contributed by atoms with Crippen LogP contribution < -0.4 is 11.2 Å². The Morgan fingerprint density at radius 2 is 1.95 bits per heavy atom. The van der Waals surface area contributed by atoms with E-state index >= 15 is 0 Å². The van der Waals surface area contributed by atoms with Crippen LogP contribution in [0.4, 0.5) is 0 Å². The van der Waals surface area contributed by atoms with Crippen molar-refractivity contribution in [2.75, 3.05) is 0 Å². The number of rotatable bonds is 1. The molecule has 2 aliphatic rings. The minimum atomic E-state index is -0.249. The van der Waals surface area contributed by atoms with Crippen molar-refractivity contribution in [3.05, 3.63) is 45.1 Å². The first-order valence-electron chi connectivity index (χ1n) is 6.97. The van der Waals surface area contributed by atoms with E-state index < -0.39 is 0 Å². The number of para-hydroxylation sites is 1. The van der Waals surface area contributed by atoms with E-state index in [-0.39, 0.29) is 17.3 Å².